The topological polar surface area (TPSA) is 89.7 Å². The van der Waals surface area contributed by atoms with E-state index >= 15 is 0 Å². The van der Waals surface area contributed by atoms with Gasteiger partial charge in [-0.3, -0.25) is 15.5 Å². The van der Waals surface area contributed by atoms with Crippen LogP contribution in [0.2, 0.25) is 5.02 Å². The first kappa shape index (κ1) is 21.7. The van der Waals surface area contributed by atoms with Crippen LogP contribution in [0.3, 0.4) is 0 Å². The maximum absolute atomic E-state index is 10.7. The van der Waals surface area contributed by atoms with Gasteiger partial charge in [0.15, 0.2) is 5.75 Å². The second-order valence-electron chi connectivity index (χ2n) is 6.77. The largest absolute Gasteiger partial charge is 0.486 e. The van der Waals surface area contributed by atoms with E-state index in [1.165, 1.54) is 12.1 Å². The van der Waals surface area contributed by atoms with Crippen LogP contribution in [0.4, 0.5) is 11.5 Å². The number of anilines is 1. The van der Waals surface area contributed by atoms with Gasteiger partial charge in [0.05, 0.1) is 20.6 Å². The number of hydrogen-bond donors (Lipinski definition) is 1. The molecule has 0 fully saturated rings. The van der Waals surface area contributed by atoms with E-state index in [2.05, 4.69) is 49.6 Å². The average molecular weight is 512 g/mol. The van der Waals surface area contributed by atoms with E-state index in [1.54, 1.807) is 12.3 Å². The van der Waals surface area contributed by atoms with Crippen molar-refractivity contribution in [2.75, 3.05) is 5.43 Å². The van der Waals surface area contributed by atoms with Crippen molar-refractivity contribution in [2.24, 2.45) is 5.10 Å². The second-order valence-corrected chi connectivity index (χ2v) is 8.03. The summed E-state index contributed by atoms with van der Waals surface area (Å²) in [4.78, 5) is 14.1. The van der Waals surface area contributed by atoms with Gasteiger partial charge in [-0.15, -0.1) is 0 Å². The third kappa shape index (κ3) is 5.04. The Balaban J connectivity index is 1.44. The lowest BCUT2D eigenvalue weighted by Gasteiger charge is -2.12. The summed E-state index contributed by atoms with van der Waals surface area (Å²) in [6.45, 7) is 0.375. The highest BCUT2D eigenvalue weighted by atomic mass is 79.9. The zero-order valence-corrected chi connectivity index (χ0v) is 18.9. The van der Waals surface area contributed by atoms with E-state index in [4.69, 9.17) is 16.3 Å². The maximum Gasteiger partial charge on any atom is 0.287 e. The van der Waals surface area contributed by atoms with Crippen LogP contribution in [0, 0.1) is 10.1 Å². The van der Waals surface area contributed by atoms with E-state index in [1.807, 2.05) is 30.3 Å². The number of nitrogens with zero attached hydrogens (tertiary/aromatic N) is 3. The Bertz CT molecular complexity index is 1280. The minimum atomic E-state index is -0.510. The fourth-order valence-corrected chi connectivity index (χ4v) is 4.08. The Morgan fingerprint density at radius 2 is 1.97 bits per heavy atom. The van der Waals surface area contributed by atoms with Crippen LogP contribution in [-0.4, -0.2) is 16.1 Å². The summed E-state index contributed by atoms with van der Waals surface area (Å²) in [5.41, 5.74) is 4.43. The number of nitro groups is 1. The van der Waals surface area contributed by atoms with Crippen molar-refractivity contribution in [1.29, 1.82) is 0 Å². The zero-order valence-electron chi connectivity index (χ0n) is 16.5. The maximum atomic E-state index is 10.7. The molecule has 0 bridgehead atoms. The highest BCUT2D eigenvalue weighted by Gasteiger charge is 2.10. The number of pyridine rings is 1. The van der Waals surface area contributed by atoms with Gasteiger partial charge in [0.25, 0.3) is 5.69 Å². The molecule has 32 heavy (non-hydrogen) atoms. The van der Waals surface area contributed by atoms with Gasteiger partial charge in [-0.05, 0) is 56.0 Å². The molecule has 0 atom stereocenters. The quantitative estimate of drug-likeness (QED) is 0.172. The lowest BCUT2D eigenvalue weighted by molar-refractivity contribution is -0.385. The molecule has 0 aliphatic heterocycles. The van der Waals surface area contributed by atoms with E-state index in [0.717, 1.165) is 28.1 Å². The summed E-state index contributed by atoms with van der Waals surface area (Å²) in [5, 5.41) is 17.5. The molecule has 7 nitrogen and oxygen atoms in total. The SMILES string of the molecule is O=[N+]([O-])c1ccc(N/N=C/c2cc(Cl)c(OCc3cccc4ccccc34)c(Br)c2)nc1. The number of ether oxygens (including phenoxy) is 1. The summed E-state index contributed by atoms with van der Waals surface area (Å²) in [6.07, 6.45) is 2.72. The molecule has 4 rings (SSSR count). The highest BCUT2D eigenvalue weighted by Crippen LogP contribution is 2.35. The van der Waals surface area contributed by atoms with Crippen LogP contribution in [0.25, 0.3) is 10.8 Å². The molecule has 0 aliphatic carbocycles. The molecular formula is C23H16BrClN4O3. The van der Waals surface area contributed by atoms with Crippen LogP contribution >= 0.6 is 27.5 Å². The van der Waals surface area contributed by atoms with Crippen LogP contribution in [-0.2, 0) is 6.61 Å². The minimum Gasteiger partial charge on any atom is -0.486 e. The van der Waals surface area contributed by atoms with Crippen molar-refractivity contribution in [2.45, 2.75) is 6.61 Å². The van der Waals surface area contributed by atoms with Crippen LogP contribution in [0.1, 0.15) is 11.1 Å². The van der Waals surface area contributed by atoms with Crippen molar-refractivity contribution in [3.05, 3.63) is 104 Å². The first-order valence-corrected chi connectivity index (χ1v) is 10.7. The van der Waals surface area contributed by atoms with E-state index in [0.29, 0.717) is 27.7 Å². The van der Waals surface area contributed by atoms with Gasteiger partial charge in [0, 0.05) is 6.07 Å². The molecule has 4 aromatic rings. The second kappa shape index (κ2) is 9.76. The van der Waals surface area contributed by atoms with E-state index in [-0.39, 0.29) is 5.69 Å². The van der Waals surface area contributed by atoms with Gasteiger partial charge in [-0.1, -0.05) is 54.1 Å². The number of fused-ring (bicyclic) bond motifs is 1. The number of benzene rings is 3. The van der Waals surface area contributed by atoms with E-state index < -0.39 is 4.92 Å². The van der Waals surface area contributed by atoms with Gasteiger partial charge in [-0.25, -0.2) is 4.98 Å². The first-order chi connectivity index (χ1) is 15.5. The molecule has 0 spiro atoms. The van der Waals surface area contributed by atoms with Crippen molar-refractivity contribution in [1.82, 2.24) is 4.98 Å². The molecule has 160 valence electrons. The van der Waals surface area contributed by atoms with E-state index in [9.17, 15) is 10.1 Å². The Hall–Kier alpha value is -3.49. The predicted octanol–water partition coefficient (Wildman–Crippen LogP) is 6.58. The number of aromatic nitrogens is 1. The Labute approximate surface area is 197 Å². The van der Waals surface area contributed by atoms with Crippen LogP contribution < -0.4 is 10.2 Å². The summed E-state index contributed by atoms with van der Waals surface area (Å²) in [5.74, 6) is 0.925. The number of hydrazone groups is 1. The molecule has 1 aromatic heterocycles. The molecule has 3 aromatic carbocycles. The molecular weight excluding hydrogens is 496 g/mol. The monoisotopic (exact) mass is 510 g/mol. The van der Waals surface area contributed by atoms with Crippen molar-refractivity contribution in [3.8, 4) is 5.75 Å². The van der Waals surface area contributed by atoms with Gasteiger partial charge < -0.3 is 4.74 Å². The van der Waals surface area contributed by atoms with Gasteiger partial charge in [-0.2, -0.15) is 5.10 Å². The predicted molar refractivity (Wildman–Crippen MR) is 130 cm³/mol. The molecule has 0 saturated carbocycles. The summed E-state index contributed by atoms with van der Waals surface area (Å²) < 4.78 is 6.71. The lowest BCUT2D eigenvalue weighted by atomic mass is 10.1. The lowest BCUT2D eigenvalue weighted by Crippen LogP contribution is -1.99. The standard InChI is InChI=1S/C23H16BrClN4O3/c24-20-10-15(12-27-28-22-9-8-18(13-26-22)29(30)31)11-21(25)23(20)32-14-17-6-3-5-16-4-1-2-7-19(16)17/h1-13H,14H2,(H,26,28)/b27-12+. The fraction of sp³-hybridized carbons (Fsp3) is 0.0435. The third-order valence-electron chi connectivity index (χ3n) is 4.62. The van der Waals surface area contributed by atoms with Crippen molar-refractivity contribution in [3.63, 3.8) is 0 Å². The smallest absolute Gasteiger partial charge is 0.287 e. The molecule has 0 aliphatic rings. The molecule has 0 saturated heterocycles. The minimum absolute atomic E-state index is 0.0886. The van der Waals surface area contributed by atoms with Crippen molar-refractivity contribution < 1.29 is 9.66 Å². The number of halogens is 2. The fourth-order valence-electron chi connectivity index (χ4n) is 3.09. The number of nitrogens with one attached hydrogen (secondary N) is 1. The Kier molecular flexibility index (Phi) is 6.63. The average Bonchev–Trinajstić information content (AvgIpc) is 2.79. The van der Waals surface area contributed by atoms with Gasteiger partial charge in [0.2, 0.25) is 0 Å². The molecule has 1 heterocycles. The van der Waals surface area contributed by atoms with Crippen molar-refractivity contribution >= 4 is 56.0 Å². The summed E-state index contributed by atoms with van der Waals surface area (Å²) in [7, 11) is 0. The zero-order chi connectivity index (χ0) is 22.5. The van der Waals surface area contributed by atoms with Crippen LogP contribution in [0.5, 0.6) is 5.75 Å². The Morgan fingerprint density at radius 3 is 2.72 bits per heavy atom. The molecule has 0 radical (unpaired) electrons. The normalized spacial score (nSPS) is 11.1. The summed E-state index contributed by atoms with van der Waals surface area (Å²) in [6, 6.07) is 20.6. The first-order valence-electron chi connectivity index (χ1n) is 9.49. The molecule has 1 N–H and O–H groups in total. The highest BCUT2D eigenvalue weighted by molar-refractivity contribution is 9.10. The third-order valence-corrected chi connectivity index (χ3v) is 5.49. The summed E-state index contributed by atoms with van der Waals surface area (Å²) >= 11 is 9.96. The molecule has 0 amide bonds. The number of rotatable bonds is 7. The van der Waals surface area contributed by atoms with Gasteiger partial charge in [0.1, 0.15) is 18.6 Å². The van der Waals surface area contributed by atoms with Gasteiger partial charge >= 0.3 is 0 Å². The molecule has 9 heteroatoms. The Morgan fingerprint density at radius 1 is 1.16 bits per heavy atom. The van der Waals surface area contributed by atoms with Crippen LogP contribution in [0.15, 0.2) is 82.5 Å². The number of hydrogen-bond acceptors (Lipinski definition) is 6. The molecule has 0 unspecified atom stereocenters.